The van der Waals surface area contributed by atoms with E-state index in [1.807, 2.05) is 42.5 Å². The summed E-state index contributed by atoms with van der Waals surface area (Å²) in [6.07, 6.45) is -1.59. The Kier molecular flexibility index (Phi) is 8.91. The Morgan fingerprint density at radius 3 is 2.54 bits per heavy atom. The molecule has 2 heterocycles. The highest BCUT2D eigenvalue weighted by molar-refractivity contribution is 7.07. The van der Waals surface area contributed by atoms with Gasteiger partial charge in [0.15, 0.2) is 0 Å². The highest BCUT2D eigenvalue weighted by Gasteiger charge is 2.31. The van der Waals surface area contributed by atoms with Crippen LogP contribution >= 0.6 is 11.3 Å². The van der Waals surface area contributed by atoms with E-state index < -0.39 is 11.7 Å². The zero-order valence-electron chi connectivity index (χ0n) is 21.9. The SMILES string of the molecule is O=C(Nc1ccc(-c2cnc(C(CCCOCc3ccccc3)c3cccc(C(F)(F)F)c3)[nH]2)cc1)c1cscn1. The van der Waals surface area contributed by atoms with Gasteiger partial charge in [0.1, 0.15) is 11.5 Å². The Balaban J connectivity index is 1.30. The van der Waals surface area contributed by atoms with Crippen molar-refractivity contribution in [1.82, 2.24) is 15.0 Å². The summed E-state index contributed by atoms with van der Waals surface area (Å²) >= 11 is 1.34. The molecule has 0 aliphatic heterocycles. The number of hydrogen-bond acceptors (Lipinski definition) is 5. The molecule has 2 aromatic heterocycles. The van der Waals surface area contributed by atoms with Gasteiger partial charge in [-0.25, -0.2) is 9.97 Å². The maximum atomic E-state index is 13.5. The number of anilines is 1. The smallest absolute Gasteiger partial charge is 0.377 e. The van der Waals surface area contributed by atoms with Gasteiger partial charge < -0.3 is 15.0 Å². The van der Waals surface area contributed by atoms with E-state index in [-0.39, 0.29) is 11.8 Å². The van der Waals surface area contributed by atoms with Crippen LogP contribution in [0.1, 0.15) is 51.8 Å². The number of ether oxygens (including phenoxy) is 1. The van der Waals surface area contributed by atoms with Crippen molar-refractivity contribution in [2.75, 3.05) is 11.9 Å². The first-order chi connectivity index (χ1) is 19.9. The lowest BCUT2D eigenvalue weighted by Crippen LogP contribution is -2.11. The molecule has 10 heteroatoms. The molecule has 0 saturated heterocycles. The number of imidazole rings is 1. The Labute approximate surface area is 239 Å². The van der Waals surface area contributed by atoms with Crippen molar-refractivity contribution in [3.63, 3.8) is 0 Å². The third-order valence-corrected chi connectivity index (χ3v) is 7.14. The van der Waals surface area contributed by atoms with Crippen LogP contribution in [-0.2, 0) is 17.5 Å². The fourth-order valence-corrected chi connectivity index (χ4v) is 4.99. The van der Waals surface area contributed by atoms with Gasteiger partial charge >= 0.3 is 6.18 Å². The second-order valence-corrected chi connectivity index (χ2v) is 10.2. The molecule has 210 valence electrons. The van der Waals surface area contributed by atoms with Crippen LogP contribution < -0.4 is 5.32 Å². The number of alkyl halides is 3. The highest BCUT2D eigenvalue weighted by atomic mass is 32.1. The number of hydrogen-bond donors (Lipinski definition) is 2. The van der Waals surface area contributed by atoms with E-state index in [0.717, 1.165) is 22.9 Å². The van der Waals surface area contributed by atoms with Crippen LogP contribution in [0, 0.1) is 0 Å². The number of aromatic amines is 1. The van der Waals surface area contributed by atoms with Crippen molar-refractivity contribution in [1.29, 1.82) is 0 Å². The minimum absolute atomic E-state index is 0.292. The van der Waals surface area contributed by atoms with Crippen molar-refractivity contribution in [2.24, 2.45) is 0 Å². The summed E-state index contributed by atoms with van der Waals surface area (Å²) in [5.41, 5.74) is 5.00. The topological polar surface area (TPSA) is 79.9 Å². The van der Waals surface area contributed by atoms with Crippen LogP contribution in [-0.4, -0.2) is 27.5 Å². The number of benzene rings is 3. The van der Waals surface area contributed by atoms with E-state index in [9.17, 15) is 18.0 Å². The number of nitrogens with one attached hydrogen (secondary N) is 2. The lowest BCUT2D eigenvalue weighted by atomic mass is 9.92. The van der Waals surface area contributed by atoms with E-state index >= 15 is 0 Å². The number of rotatable bonds is 11. The predicted molar refractivity (Wildman–Crippen MR) is 153 cm³/mol. The van der Waals surface area contributed by atoms with Gasteiger partial charge in [0.2, 0.25) is 0 Å². The normalized spacial score (nSPS) is 12.3. The molecule has 5 rings (SSSR count). The molecule has 5 aromatic rings. The first kappa shape index (κ1) is 28.3. The van der Waals surface area contributed by atoms with Gasteiger partial charge in [-0.1, -0.05) is 60.7 Å². The molecule has 3 aromatic carbocycles. The van der Waals surface area contributed by atoms with E-state index in [1.54, 1.807) is 35.3 Å². The third kappa shape index (κ3) is 7.47. The summed E-state index contributed by atoms with van der Waals surface area (Å²) in [5.74, 6) is -0.106. The lowest BCUT2D eigenvalue weighted by molar-refractivity contribution is -0.137. The van der Waals surface area contributed by atoms with E-state index in [2.05, 4.69) is 20.3 Å². The number of amides is 1. The van der Waals surface area contributed by atoms with Crippen molar-refractivity contribution >= 4 is 22.9 Å². The zero-order valence-corrected chi connectivity index (χ0v) is 22.7. The highest BCUT2D eigenvalue weighted by Crippen LogP contribution is 2.35. The molecule has 1 unspecified atom stereocenters. The number of carbonyl (C=O) groups excluding carboxylic acids is 1. The van der Waals surface area contributed by atoms with Crippen LogP contribution in [0.4, 0.5) is 18.9 Å². The van der Waals surface area contributed by atoms with Gasteiger partial charge in [0, 0.05) is 23.6 Å². The lowest BCUT2D eigenvalue weighted by Gasteiger charge is -2.17. The number of nitrogens with zero attached hydrogens (tertiary/aromatic N) is 2. The standard InChI is InChI=1S/C31H27F3N4O2S/c32-31(33,34)24-9-4-8-23(16-24)26(10-5-15-40-18-21-6-2-1-3-7-21)29-35-17-27(38-29)22-11-13-25(14-12-22)37-30(39)28-19-41-20-36-28/h1-4,6-9,11-14,16-17,19-20,26H,5,10,15,18H2,(H,35,38)(H,37,39). The second kappa shape index (κ2) is 12.9. The van der Waals surface area contributed by atoms with Gasteiger partial charge in [-0.2, -0.15) is 13.2 Å². The Bertz CT molecular complexity index is 1550. The Morgan fingerprint density at radius 2 is 1.80 bits per heavy atom. The summed E-state index contributed by atoms with van der Waals surface area (Å²) in [4.78, 5) is 24.1. The van der Waals surface area contributed by atoms with Crippen LogP contribution in [0.15, 0.2) is 96.0 Å². The minimum atomic E-state index is -4.44. The average Bonchev–Trinajstić information content (AvgIpc) is 3.69. The molecule has 0 spiro atoms. The molecular weight excluding hydrogens is 549 g/mol. The monoisotopic (exact) mass is 576 g/mol. The van der Waals surface area contributed by atoms with E-state index in [4.69, 9.17) is 4.74 Å². The summed E-state index contributed by atoms with van der Waals surface area (Å²) < 4.78 is 46.3. The Hall–Kier alpha value is -4.28. The number of halogens is 3. The average molecular weight is 577 g/mol. The quantitative estimate of drug-likeness (QED) is 0.157. The molecule has 0 aliphatic rings. The molecule has 0 fully saturated rings. The minimum Gasteiger partial charge on any atom is -0.377 e. The van der Waals surface area contributed by atoms with Crippen LogP contribution in [0.5, 0.6) is 0 Å². The molecular formula is C31H27F3N4O2S. The molecule has 1 atom stereocenters. The van der Waals surface area contributed by atoms with Crippen molar-refractivity contribution in [2.45, 2.75) is 31.5 Å². The molecule has 2 N–H and O–H groups in total. The number of aromatic nitrogens is 3. The first-order valence-corrected chi connectivity index (χ1v) is 13.9. The van der Waals surface area contributed by atoms with Crippen LogP contribution in [0.2, 0.25) is 0 Å². The largest absolute Gasteiger partial charge is 0.416 e. The maximum Gasteiger partial charge on any atom is 0.416 e. The summed E-state index contributed by atoms with van der Waals surface area (Å²) in [6.45, 7) is 0.937. The van der Waals surface area contributed by atoms with Gasteiger partial charge in [-0.05, 0) is 47.7 Å². The van der Waals surface area contributed by atoms with Crippen molar-refractivity contribution in [3.05, 3.63) is 124 Å². The molecule has 6 nitrogen and oxygen atoms in total. The fraction of sp³-hybridized carbons (Fsp3) is 0.194. The maximum absolute atomic E-state index is 13.5. The van der Waals surface area contributed by atoms with Crippen LogP contribution in [0.25, 0.3) is 11.3 Å². The predicted octanol–water partition coefficient (Wildman–Crippen LogP) is 7.93. The summed E-state index contributed by atoms with van der Waals surface area (Å²) in [5, 5.41) is 4.48. The van der Waals surface area contributed by atoms with Crippen LogP contribution in [0.3, 0.4) is 0 Å². The van der Waals surface area contributed by atoms with Gasteiger partial charge in [-0.15, -0.1) is 11.3 Å². The van der Waals surface area contributed by atoms with Crippen molar-refractivity contribution in [3.8, 4) is 11.3 Å². The molecule has 0 aliphatic carbocycles. The fourth-order valence-electron chi connectivity index (χ4n) is 4.46. The Morgan fingerprint density at radius 1 is 1.00 bits per heavy atom. The number of thiazole rings is 1. The molecule has 0 saturated carbocycles. The van der Waals surface area contributed by atoms with E-state index in [0.29, 0.717) is 48.8 Å². The van der Waals surface area contributed by atoms with Gasteiger partial charge in [-0.3, -0.25) is 4.79 Å². The molecule has 1 amide bonds. The third-order valence-electron chi connectivity index (χ3n) is 6.55. The van der Waals surface area contributed by atoms with Gasteiger partial charge in [0.05, 0.1) is 29.6 Å². The summed E-state index contributed by atoms with van der Waals surface area (Å²) in [7, 11) is 0. The molecule has 0 bridgehead atoms. The molecule has 0 radical (unpaired) electrons. The second-order valence-electron chi connectivity index (χ2n) is 9.44. The number of carbonyl (C=O) groups is 1. The van der Waals surface area contributed by atoms with Gasteiger partial charge in [0.25, 0.3) is 5.91 Å². The zero-order chi connectivity index (χ0) is 28.7. The summed E-state index contributed by atoms with van der Waals surface area (Å²) in [6, 6.07) is 22.4. The van der Waals surface area contributed by atoms with Crippen molar-refractivity contribution < 1.29 is 22.7 Å². The first-order valence-electron chi connectivity index (χ1n) is 13.0. The van der Waals surface area contributed by atoms with E-state index in [1.165, 1.54) is 23.5 Å². The number of H-pyrrole nitrogens is 1. The molecule has 41 heavy (non-hydrogen) atoms.